The molecule has 0 spiro atoms. The first-order valence-electron chi connectivity index (χ1n) is 6.29. The van der Waals surface area contributed by atoms with Gasteiger partial charge in [0.15, 0.2) is 0 Å². The third-order valence-electron chi connectivity index (χ3n) is 2.96. The molecule has 0 atom stereocenters. The summed E-state index contributed by atoms with van der Waals surface area (Å²) in [5, 5.41) is 0.585. The molecule has 2 aromatic rings. The van der Waals surface area contributed by atoms with Crippen LogP contribution in [0, 0.1) is 0 Å². The van der Waals surface area contributed by atoms with Gasteiger partial charge in [-0.3, -0.25) is 4.79 Å². The molecule has 0 aliphatic rings. The van der Waals surface area contributed by atoms with Gasteiger partial charge in [-0.2, -0.15) is 0 Å². The van der Waals surface area contributed by atoms with Gasteiger partial charge in [0.1, 0.15) is 0 Å². The van der Waals surface area contributed by atoms with Crippen LogP contribution in [0.5, 0.6) is 0 Å². The molecule has 0 aromatic heterocycles. The fraction of sp³-hybridized carbons (Fsp3) is 0.188. The Bertz CT molecular complexity index is 554. The maximum absolute atomic E-state index is 12.4. The van der Waals surface area contributed by atoms with Gasteiger partial charge in [-0.15, -0.1) is 0 Å². The van der Waals surface area contributed by atoms with Gasteiger partial charge in [0.2, 0.25) is 0 Å². The molecule has 2 nitrogen and oxygen atoms in total. The van der Waals surface area contributed by atoms with E-state index in [1.165, 1.54) is 0 Å². The van der Waals surface area contributed by atoms with Crippen molar-refractivity contribution in [1.29, 1.82) is 0 Å². The van der Waals surface area contributed by atoms with Gasteiger partial charge in [0, 0.05) is 23.7 Å². The predicted octanol–water partition coefficient (Wildman–Crippen LogP) is 4.00. The lowest BCUT2D eigenvalue weighted by Gasteiger charge is -2.21. The van der Waals surface area contributed by atoms with Crippen molar-refractivity contribution >= 4 is 17.5 Å². The van der Waals surface area contributed by atoms with Crippen molar-refractivity contribution in [3.8, 4) is 0 Å². The largest absolute Gasteiger partial charge is 0.335 e. The normalized spacial score (nSPS) is 10.2. The average molecular weight is 274 g/mol. The van der Waals surface area contributed by atoms with E-state index >= 15 is 0 Å². The molecule has 2 aromatic carbocycles. The van der Waals surface area contributed by atoms with Crippen molar-refractivity contribution in [2.75, 3.05) is 6.54 Å². The Kier molecular flexibility index (Phi) is 4.58. The molecule has 2 rings (SSSR count). The minimum atomic E-state index is 0.00820. The second kappa shape index (κ2) is 6.39. The minimum absolute atomic E-state index is 0.00820. The average Bonchev–Trinajstić information content (AvgIpc) is 2.45. The number of nitrogens with zero attached hydrogens (tertiary/aromatic N) is 1. The number of rotatable bonds is 4. The second-order valence-corrected chi connectivity index (χ2v) is 4.75. The van der Waals surface area contributed by atoms with Crippen molar-refractivity contribution in [2.24, 2.45) is 0 Å². The van der Waals surface area contributed by atoms with Crippen molar-refractivity contribution in [3.63, 3.8) is 0 Å². The first-order chi connectivity index (χ1) is 9.20. The van der Waals surface area contributed by atoms with E-state index in [1.807, 2.05) is 37.3 Å². The van der Waals surface area contributed by atoms with Crippen LogP contribution in [0.25, 0.3) is 0 Å². The highest BCUT2D eigenvalue weighted by Crippen LogP contribution is 2.14. The third-order valence-corrected chi connectivity index (χ3v) is 3.19. The van der Waals surface area contributed by atoms with Crippen LogP contribution in [-0.4, -0.2) is 17.4 Å². The monoisotopic (exact) mass is 273 g/mol. The Balaban J connectivity index is 2.16. The van der Waals surface area contributed by atoms with Crippen molar-refractivity contribution in [3.05, 3.63) is 70.7 Å². The molecule has 0 heterocycles. The molecule has 0 saturated carbocycles. The summed E-state index contributed by atoms with van der Waals surface area (Å²) in [7, 11) is 0. The summed E-state index contributed by atoms with van der Waals surface area (Å²) in [6, 6.07) is 17.0. The summed E-state index contributed by atoms with van der Waals surface area (Å²) < 4.78 is 0. The van der Waals surface area contributed by atoms with E-state index < -0.39 is 0 Å². The number of amides is 1. The van der Waals surface area contributed by atoms with E-state index in [-0.39, 0.29) is 5.91 Å². The molecule has 0 unspecified atom stereocenters. The van der Waals surface area contributed by atoms with Crippen LogP contribution in [0.1, 0.15) is 22.8 Å². The van der Waals surface area contributed by atoms with E-state index in [9.17, 15) is 4.79 Å². The summed E-state index contributed by atoms with van der Waals surface area (Å²) in [5.41, 5.74) is 1.75. The maximum atomic E-state index is 12.4. The highest BCUT2D eigenvalue weighted by molar-refractivity contribution is 6.30. The summed E-state index contributed by atoms with van der Waals surface area (Å²) in [5.74, 6) is 0.00820. The maximum Gasteiger partial charge on any atom is 0.254 e. The zero-order valence-corrected chi connectivity index (χ0v) is 11.6. The molecule has 3 heteroatoms. The predicted molar refractivity (Wildman–Crippen MR) is 78.3 cm³/mol. The molecule has 0 radical (unpaired) electrons. The molecular formula is C16H16ClNO. The van der Waals surface area contributed by atoms with Gasteiger partial charge in [-0.05, 0) is 30.7 Å². The summed E-state index contributed by atoms with van der Waals surface area (Å²) in [6.45, 7) is 3.26. The van der Waals surface area contributed by atoms with Crippen LogP contribution in [0.4, 0.5) is 0 Å². The Morgan fingerprint density at radius 1 is 1.11 bits per heavy atom. The van der Waals surface area contributed by atoms with Gasteiger partial charge >= 0.3 is 0 Å². The molecule has 0 N–H and O–H groups in total. The van der Waals surface area contributed by atoms with Crippen LogP contribution in [-0.2, 0) is 6.54 Å². The van der Waals surface area contributed by atoms with E-state index in [2.05, 4.69) is 0 Å². The van der Waals surface area contributed by atoms with Gasteiger partial charge in [-0.25, -0.2) is 0 Å². The van der Waals surface area contributed by atoms with Gasteiger partial charge in [-0.1, -0.05) is 48.0 Å². The first kappa shape index (κ1) is 13.6. The number of hydrogen-bond acceptors (Lipinski definition) is 1. The van der Waals surface area contributed by atoms with Crippen LogP contribution in [0.15, 0.2) is 54.6 Å². The smallest absolute Gasteiger partial charge is 0.254 e. The Morgan fingerprint density at radius 3 is 2.47 bits per heavy atom. The Labute approximate surface area is 118 Å². The Morgan fingerprint density at radius 2 is 1.84 bits per heavy atom. The third kappa shape index (κ3) is 3.58. The van der Waals surface area contributed by atoms with Crippen LogP contribution in [0.3, 0.4) is 0 Å². The van der Waals surface area contributed by atoms with Crippen molar-refractivity contribution < 1.29 is 4.79 Å². The lowest BCUT2D eigenvalue weighted by Crippen LogP contribution is -2.30. The highest BCUT2D eigenvalue weighted by atomic mass is 35.5. The van der Waals surface area contributed by atoms with Gasteiger partial charge < -0.3 is 4.90 Å². The summed E-state index contributed by atoms with van der Waals surface area (Å²) in [6.07, 6.45) is 0. The topological polar surface area (TPSA) is 20.3 Å². The fourth-order valence-corrected chi connectivity index (χ4v) is 2.13. The van der Waals surface area contributed by atoms with Gasteiger partial charge in [0.25, 0.3) is 5.91 Å². The van der Waals surface area contributed by atoms with E-state index in [4.69, 9.17) is 11.6 Å². The standard InChI is InChI=1S/C16H16ClNO/c1-2-18(12-13-7-4-3-5-8-13)16(19)14-9-6-10-15(17)11-14/h3-11H,2,12H2,1H3. The molecule has 98 valence electrons. The molecule has 0 aliphatic heterocycles. The highest BCUT2D eigenvalue weighted by Gasteiger charge is 2.14. The zero-order chi connectivity index (χ0) is 13.7. The number of carbonyl (C=O) groups excluding carboxylic acids is 1. The zero-order valence-electron chi connectivity index (χ0n) is 10.8. The number of halogens is 1. The molecular weight excluding hydrogens is 258 g/mol. The molecule has 0 fully saturated rings. The molecule has 0 saturated heterocycles. The van der Waals surface area contributed by atoms with Crippen LogP contribution in [0.2, 0.25) is 5.02 Å². The number of carbonyl (C=O) groups is 1. The van der Waals surface area contributed by atoms with Crippen LogP contribution < -0.4 is 0 Å². The van der Waals surface area contributed by atoms with E-state index in [0.29, 0.717) is 23.7 Å². The van der Waals surface area contributed by atoms with Crippen molar-refractivity contribution in [1.82, 2.24) is 4.90 Å². The minimum Gasteiger partial charge on any atom is -0.335 e. The van der Waals surface area contributed by atoms with E-state index in [0.717, 1.165) is 5.56 Å². The molecule has 1 amide bonds. The van der Waals surface area contributed by atoms with Gasteiger partial charge in [0.05, 0.1) is 0 Å². The SMILES string of the molecule is CCN(Cc1ccccc1)C(=O)c1cccc(Cl)c1. The Hall–Kier alpha value is -1.80. The number of benzene rings is 2. The lowest BCUT2D eigenvalue weighted by atomic mass is 10.1. The lowest BCUT2D eigenvalue weighted by molar-refractivity contribution is 0.0752. The van der Waals surface area contributed by atoms with E-state index in [1.54, 1.807) is 29.2 Å². The van der Waals surface area contributed by atoms with Crippen LogP contribution >= 0.6 is 11.6 Å². The molecule has 19 heavy (non-hydrogen) atoms. The quantitative estimate of drug-likeness (QED) is 0.824. The summed E-state index contributed by atoms with van der Waals surface area (Å²) in [4.78, 5) is 14.2. The second-order valence-electron chi connectivity index (χ2n) is 4.32. The molecule has 0 aliphatic carbocycles. The molecule has 0 bridgehead atoms. The first-order valence-corrected chi connectivity index (χ1v) is 6.67. The fourth-order valence-electron chi connectivity index (χ4n) is 1.94. The summed E-state index contributed by atoms with van der Waals surface area (Å²) >= 11 is 5.93. The van der Waals surface area contributed by atoms with Crippen molar-refractivity contribution in [2.45, 2.75) is 13.5 Å². The number of hydrogen-bond donors (Lipinski definition) is 0.